The summed E-state index contributed by atoms with van der Waals surface area (Å²) >= 11 is 3.46. The maximum absolute atomic E-state index is 4.79. The number of aromatic amines is 1. The van der Waals surface area contributed by atoms with Crippen LogP contribution >= 0.6 is 15.9 Å². The van der Waals surface area contributed by atoms with Crippen LogP contribution < -0.4 is 0 Å². The van der Waals surface area contributed by atoms with Crippen LogP contribution in [0.15, 0.2) is 34.9 Å². The van der Waals surface area contributed by atoms with Crippen LogP contribution in [0, 0.1) is 5.41 Å². The average Bonchev–Trinajstić information content (AvgIpc) is 2.96. The molecule has 2 aromatic rings. The van der Waals surface area contributed by atoms with E-state index < -0.39 is 0 Å². The molecule has 1 aliphatic rings. The Labute approximate surface area is 122 Å². The molecule has 1 aliphatic carbocycles. The lowest BCUT2D eigenvalue weighted by molar-refractivity contribution is 0.374. The number of hydrogen-bond acceptors (Lipinski definition) is 1. The number of nitrogens with one attached hydrogen (secondary N) is 1. The summed E-state index contributed by atoms with van der Waals surface area (Å²) < 4.78 is 1.10. The minimum absolute atomic E-state index is 0.467. The molecule has 3 rings (SSSR count). The van der Waals surface area contributed by atoms with Gasteiger partial charge in [-0.25, -0.2) is 4.98 Å². The third kappa shape index (κ3) is 2.76. The maximum atomic E-state index is 4.79. The van der Waals surface area contributed by atoms with Crippen molar-refractivity contribution in [2.45, 2.75) is 39.0 Å². The van der Waals surface area contributed by atoms with Crippen LogP contribution in [0.3, 0.4) is 0 Å². The Morgan fingerprint density at radius 3 is 2.63 bits per heavy atom. The van der Waals surface area contributed by atoms with E-state index in [-0.39, 0.29) is 0 Å². The summed E-state index contributed by atoms with van der Waals surface area (Å²) in [7, 11) is 0. The van der Waals surface area contributed by atoms with Crippen molar-refractivity contribution < 1.29 is 0 Å². The van der Waals surface area contributed by atoms with Crippen molar-refractivity contribution in [3.63, 3.8) is 0 Å². The van der Waals surface area contributed by atoms with Crippen LogP contribution in [0.25, 0.3) is 11.3 Å². The molecule has 1 fully saturated rings. The molecule has 0 amide bonds. The molecular weight excluding hydrogens is 300 g/mol. The number of halogens is 1. The highest BCUT2D eigenvalue weighted by molar-refractivity contribution is 9.10. The summed E-state index contributed by atoms with van der Waals surface area (Å²) in [6.07, 6.45) is 5.82. The molecule has 1 aromatic carbocycles. The normalized spacial score (nSPS) is 21.7. The average molecular weight is 319 g/mol. The highest BCUT2D eigenvalue weighted by Crippen LogP contribution is 2.45. The number of hydrogen-bond donors (Lipinski definition) is 1. The Hall–Kier alpha value is -1.09. The fourth-order valence-electron chi connectivity index (χ4n) is 2.98. The van der Waals surface area contributed by atoms with Crippen molar-refractivity contribution in [1.82, 2.24) is 9.97 Å². The molecule has 1 heterocycles. The van der Waals surface area contributed by atoms with E-state index in [1.54, 1.807) is 0 Å². The summed E-state index contributed by atoms with van der Waals surface area (Å²) in [6.45, 7) is 4.71. The Bertz CT molecular complexity index is 569. The number of aromatic nitrogens is 2. The van der Waals surface area contributed by atoms with Gasteiger partial charge in [0.15, 0.2) is 0 Å². The van der Waals surface area contributed by atoms with E-state index in [1.807, 2.05) is 6.20 Å². The van der Waals surface area contributed by atoms with Crippen molar-refractivity contribution >= 4 is 15.9 Å². The van der Waals surface area contributed by atoms with Crippen LogP contribution in [0.2, 0.25) is 0 Å². The van der Waals surface area contributed by atoms with Gasteiger partial charge in [0, 0.05) is 22.2 Å². The van der Waals surface area contributed by atoms with Crippen LogP contribution in [0.1, 0.15) is 44.9 Å². The Morgan fingerprint density at radius 2 is 2.00 bits per heavy atom. The molecule has 0 unspecified atom stereocenters. The third-order valence-electron chi connectivity index (χ3n) is 4.09. The van der Waals surface area contributed by atoms with Crippen LogP contribution in [0.5, 0.6) is 0 Å². The Morgan fingerprint density at radius 1 is 1.26 bits per heavy atom. The van der Waals surface area contributed by atoms with Gasteiger partial charge in [0.1, 0.15) is 5.82 Å². The lowest BCUT2D eigenvalue weighted by Crippen LogP contribution is -2.05. The zero-order valence-corrected chi connectivity index (χ0v) is 13.0. The predicted molar refractivity (Wildman–Crippen MR) is 82.1 cm³/mol. The molecule has 0 bridgehead atoms. The van der Waals surface area contributed by atoms with E-state index in [9.17, 15) is 0 Å². The highest BCUT2D eigenvalue weighted by atomic mass is 79.9. The number of nitrogens with zero attached hydrogens (tertiary/aromatic N) is 1. The van der Waals surface area contributed by atoms with E-state index in [4.69, 9.17) is 4.98 Å². The number of rotatable bonds is 2. The third-order valence-corrected chi connectivity index (χ3v) is 4.62. The molecule has 1 atom stereocenters. The summed E-state index contributed by atoms with van der Waals surface area (Å²) in [5.74, 6) is 1.75. The fraction of sp³-hybridized carbons (Fsp3) is 0.438. The van der Waals surface area contributed by atoms with Crippen molar-refractivity contribution in [2.75, 3.05) is 0 Å². The van der Waals surface area contributed by atoms with Gasteiger partial charge in [0.05, 0.1) is 5.69 Å². The van der Waals surface area contributed by atoms with Gasteiger partial charge >= 0.3 is 0 Å². The van der Waals surface area contributed by atoms with E-state index in [0.29, 0.717) is 11.3 Å². The molecule has 0 aliphatic heterocycles. The second-order valence-corrected chi connectivity index (χ2v) is 7.20. The molecule has 1 aromatic heterocycles. The topological polar surface area (TPSA) is 28.7 Å². The molecular formula is C16H19BrN2. The first-order valence-corrected chi connectivity index (χ1v) is 7.64. The first-order chi connectivity index (χ1) is 9.03. The maximum Gasteiger partial charge on any atom is 0.109 e. The molecule has 0 spiro atoms. The Kier molecular flexibility index (Phi) is 3.25. The van der Waals surface area contributed by atoms with Gasteiger partial charge in [-0.1, -0.05) is 41.9 Å². The van der Waals surface area contributed by atoms with Crippen LogP contribution in [-0.2, 0) is 0 Å². The SMILES string of the molecule is CC1(C)CC[C@H](c2nc(-c3ccc(Br)cc3)c[nH]2)C1. The molecule has 0 radical (unpaired) electrons. The fourth-order valence-corrected chi connectivity index (χ4v) is 3.25. The monoisotopic (exact) mass is 318 g/mol. The molecule has 3 heteroatoms. The zero-order valence-electron chi connectivity index (χ0n) is 11.4. The zero-order chi connectivity index (χ0) is 13.5. The van der Waals surface area contributed by atoms with E-state index in [0.717, 1.165) is 16.0 Å². The second-order valence-electron chi connectivity index (χ2n) is 6.28. The molecule has 2 nitrogen and oxygen atoms in total. The minimum atomic E-state index is 0.467. The second kappa shape index (κ2) is 4.78. The van der Waals surface area contributed by atoms with Crippen molar-refractivity contribution in [2.24, 2.45) is 5.41 Å². The molecule has 19 heavy (non-hydrogen) atoms. The first-order valence-electron chi connectivity index (χ1n) is 6.85. The van der Waals surface area contributed by atoms with Crippen molar-refractivity contribution in [3.8, 4) is 11.3 Å². The summed E-state index contributed by atoms with van der Waals surface area (Å²) in [4.78, 5) is 8.16. The minimum Gasteiger partial charge on any atom is -0.348 e. The van der Waals surface area contributed by atoms with Gasteiger partial charge in [-0.05, 0) is 36.8 Å². The molecule has 100 valence electrons. The predicted octanol–water partition coefficient (Wildman–Crippen LogP) is 5.13. The highest BCUT2D eigenvalue weighted by Gasteiger charge is 2.33. The largest absolute Gasteiger partial charge is 0.348 e. The van der Waals surface area contributed by atoms with E-state index in [1.165, 1.54) is 24.8 Å². The van der Waals surface area contributed by atoms with Gasteiger partial charge in [-0.3, -0.25) is 0 Å². The van der Waals surface area contributed by atoms with Crippen LogP contribution in [-0.4, -0.2) is 9.97 Å². The van der Waals surface area contributed by atoms with E-state index >= 15 is 0 Å². The smallest absolute Gasteiger partial charge is 0.109 e. The molecule has 1 saturated carbocycles. The lowest BCUT2D eigenvalue weighted by atomic mass is 9.90. The molecule has 1 N–H and O–H groups in total. The van der Waals surface area contributed by atoms with Gasteiger partial charge in [0.25, 0.3) is 0 Å². The van der Waals surface area contributed by atoms with Crippen molar-refractivity contribution in [1.29, 1.82) is 0 Å². The van der Waals surface area contributed by atoms with Gasteiger partial charge in [0.2, 0.25) is 0 Å². The van der Waals surface area contributed by atoms with Crippen molar-refractivity contribution in [3.05, 3.63) is 40.8 Å². The van der Waals surface area contributed by atoms with Gasteiger partial charge < -0.3 is 4.98 Å². The number of benzene rings is 1. The quantitative estimate of drug-likeness (QED) is 0.816. The lowest BCUT2D eigenvalue weighted by Gasteiger charge is -2.16. The molecule has 0 saturated heterocycles. The van der Waals surface area contributed by atoms with E-state index in [2.05, 4.69) is 59.0 Å². The summed E-state index contributed by atoms with van der Waals surface area (Å²) in [6, 6.07) is 8.32. The number of H-pyrrole nitrogens is 1. The van der Waals surface area contributed by atoms with Gasteiger partial charge in [-0.2, -0.15) is 0 Å². The number of imidazole rings is 1. The summed E-state index contributed by atoms with van der Waals surface area (Å²) in [5, 5.41) is 0. The van der Waals surface area contributed by atoms with Crippen LogP contribution in [0.4, 0.5) is 0 Å². The first kappa shape index (κ1) is 12.9. The summed E-state index contributed by atoms with van der Waals surface area (Å²) in [5.41, 5.74) is 2.69. The standard InChI is InChI=1S/C16H19BrN2/c1-16(2)8-7-12(9-16)15-18-10-14(19-15)11-3-5-13(17)6-4-11/h3-6,10,12H,7-9H2,1-2H3,(H,18,19)/t12-/m0/s1. The van der Waals surface area contributed by atoms with Gasteiger partial charge in [-0.15, -0.1) is 0 Å². The Balaban J connectivity index is 1.82.